The van der Waals surface area contributed by atoms with Crippen molar-refractivity contribution in [3.8, 4) is 34.3 Å². The van der Waals surface area contributed by atoms with Crippen LogP contribution in [0.2, 0.25) is 0 Å². The van der Waals surface area contributed by atoms with Crippen LogP contribution in [0.1, 0.15) is 44.9 Å². The van der Waals surface area contributed by atoms with Crippen LogP contribution in [0.3, 0.4) is 0 Å². The third kappa shape index (κ3) is 9.53. The summed E-state index contributed by atoms with van der Waals surface area (Å²) in [4.78, 5) is 36.5. The molecule has 0 bridgehead atoms. The van der Waals surface area contributed by atoms with Crippen LogP contribution in [0.5, 0.6) is 11.5 Å². The Morgan fingerprint density at radius 3 is 1.19 bits per heavy atom. The Bertz CT molecular complexity index is 2410. The van der Waals surface area contributed by atoms with E-state index < -0.39 is 20.8 Å². The van der Waals surface area contributed by atoms with Crippen LogP contribution in [-0.2, 0) is 33.9 Å². The fourth-order valence-electron chi connectivity index (χ4n) is 6.17. The summed E-state index contributed by atoms with van der Waals surface area (Å²) in [6.07, 6.45) is 5.96. The molecule has 4 aromatic carbocycles. The zero-order valence-electron chi connectivity index (χ0n) is 28.3. The Labute approximate surface area is 305 Å². The van der Waals surface area contributed by atoms with E-state index in [4.69, 9.17) is 9.97 Å². The quantitative estimate of drug-likeness (QED) is 0.0678. The van der Waals surface area contributed by atoms with E-state index in [1.807, 2.05) is 0 Å². The van der Waals surface area contributed by atoms with Gasteiger partial charge in [0.15, 0.2) is 0 Å². The first kappa shape index (κ1) is 37.3. The normalized spacial score (nSPS) is 12.0. The molecule has 2 aromatic heterocycles. The number of para-hydroxylation sites is 2. The number of hydrogen-bond acceptors (Lipinski definition) is 12. The van der Waals surface area contributed by atoms with Crippen LogP contribution in [0, 0.1) is 0 Å². The van der Waals surface area contributed by atoms with Crippen LogP contribution >= 0.6 is 0 Å². The summed E-state index contributed by atoms with van der Waals surface area (Å²) in [5.41, 5.74) is 1.80. The molecule has 0 aliphatic carbocycles. The smallest absolute Gasteiger partial charge is 0.262 e. The lowest BCUT2D eigenvalue weighted by molar-refractivity contribution is 0.370. The molecule has 53 heavy (non-hydrogen) atoms. The molecule has 0 N–H and O–H groups in total. The van der Waals surface area contributed by atoms with Crippen LogP contribution in [0.25, 0.3) is 44.6 Å². The van der Waals surface area contributed by atoms with Crippen LogP contribution < -0.4 is 19.5 Å². The molecule has 0 saturated heterocycles. The van der Waals surface area contributed by atoms with E-state index in [9.17, 15) is 35.5 Å². The molecule has 0 unspecified atom stereocenters. The monoisotopic (exact) mass is 758 g/mol. The number of benzene rings is 4. The lowest BCUT2D eigenvalue weighted by Gasteiger charge is -2.15. The molecular formula is C37H34N4O10S2-2. The number of nitrogens with zero attached hydrogens (tertiary/aromatic N) is 4. The van der Waals surface area contributed by atoms with Gasteiger partial charge in [-0.3, -0.25) is 18.7 Å². The Kier molecular flexibility index (Phi) is 11.3. The molecule has 0 aliphatic rings. The summed E-state index contributed by atoms with van der Waals surface area (Å²) >= 11 is 0. The SMILES string of the molecule is O=c1c2ccccc2nc(-c2ccc(OS(=O)(=O)[O-])cc2)n1CCCCCCCCCn1c(-c2ccc(OS(=O)(=O)[O-])cc2)nc2ccccc2c1=O. The highest BCUT2D eigenvalue weighted by Gasteiger charge is 2.15. The number of aromatic nitrogens is 4. The predicted octanol–water partition coefficient (Wildman–Crippen LogP) is 5.55. The summed E-state index contributed by atoms with van der Waals surface area (Å²) in [5, 5.41) is 0.969. The molecule has 0 saturated carbocycles. The van der Waals surface area contributed by atoms with E-state index in [0.717, 1.165) is 32.1 Å². The average Bonchev–Trinajstić information content (AvgIpc) is 3.12. The second-order valence-corrected chi connectivity index (χ2v) is 14.3. The molecular weight excluding hydrogens is 725 g/mol. The largest absolute Gasteiger partial charge is 0.716 e. The van der Waals surface area contributed by atoms with Gasteiger partial charge in [-0.15, -0.1) is 0 Å². The summed E-state index contributed by atoms with van der Waals surface area (Å²) in [6, 6.07) is 25.6. The Morgan fingerprint density at radius 1 is 0.491 bits per heavy atom. The fraction of sp³-hybridized carbons (Fsp3) is 0.243. The highest BCUT2D eigenvalue weighted by atomic mass is 32.3. The molecule has 6 aromatic rings. The summed E-state index contributed by atoms with van der Waals surface area (Å²) in [6.45, 7) is 0.833. The maximum Gasteiger partial charge on any atom is 0.262 e. The minimum Gasteiger partial charge on any atom is -0.716 e. The Morgan fingerprint density at radius 2 is 0.830 bits per heavy atom. The van der Waals surface area contributed by atoms with Crippen LogP contribution in [0.4, 0.5) is 0 Å². The molecule has 6 rings (SSSR count). The number of fused-ring (bicyclic) bond motifs is 2. The van der Waals surface area contributed by atoms with Gasteiger partial charge in [-0.1, -0.05) is 56.4 Å². The van der Waals surface area contributed by atoms with Crippen molar-refractivity contribution in [2.24, 2.45) is 0 Å². The maximum absolute atomic E-state index is 13.5. The molecule has 0 spiro atoms. The average molecular weight is 759 g/mol. The standard InChI is InChI=1S/C37H36N4O10S2/c42-36-30-12-6-8-14-32(30)38-34(26-16-20-28(21-17-26)50-52(44,45)46)40(36)24-10-4-2-1-3-5-11-25-41-35(39-33-15-9-7-13-31(33)37(41)43)27-18-22-29(23-19-27)51-53(47,48)49/h6-9,12-23H,1-5,10-11,24-25H2,(H,44,45,46)(H,47,48,49)/p-2. The van der Waals surface area contributed by atoms with E-state index in [1.54, 1.807) is 81.9 Å². The summed E-state index contributed by atoms with van der Waals surface area (Å²) < 4.78 is 77.9. The lowest BCUT2D eigenvalue weighted by atomic mass is 10.1. The Balaban J connectivity index is 1.06. The van der Waals surface area contributed by atoms with Crippen molar-refractivity contribution in [2.45, 2.75) is 58.0 Å². The van der Waals surface area contributed by atoms with Gasteiger partial charge in [0.2, 0.25) is 0 Å². The van der Waals surface area contributed by atoms with Crippen LogP contribution in [-0.4, -0.2) is 45.0 Å². The van der Waals surface area contributed by atoms with Crippen molar-refractivity contribution in [1.82, 2.24) is 19.1 Å². The van der Waals surface area contributed by atoms with E-state index in [0.29, 0.717) is 70.5 Å². The molecule has 0 amide bonds. The first-order chi connectivity index (χ1) is 25.4. The van der Waals surface area contributed by atoms with E-state index in [2.05, 4.69) is 8.37 Å². The summed E-state index contributed by atoms with van der Waals surface area (Å²) in [7, 11) is -9.85. The molecule has 0 atom stereocenters. The van der Waals surface area contributed by atoms with Gasteiger partial charge >= 0.3 is 0 Å². The van der Waals surface area contributed by atoms with Crippen molar-refractivity contribution in [1.29, 1.82) is 0 Å². The van der Waals surface area contributed by atoms with E-state index >= 15 is 0 Å². The highest BCUT2D eigenvalue weighted by molar-refractivity contribution is 7.81. The van der Waals surface area contributed by atoms with Crippen molar-refractivity contribution in [2.75, 3.05) is 0 Å². The highest BCUT2D eigenvalue weighted by Crippen LogP contribution is 2.25. The van der Waals surface area contributed by atoms with Crippen molar-refractivity contribution < 1.29 is 34.3 Å². The van der Waals surface area contributed by atoms with Gasteiger partial charge in [0.1, 0.15) is 23.1 Å². The first-order valence-corrected chi connectivity index (χ1v) is 19.5. The van der Waals surface area contributed by atoms with Crippen molar-refractivity contribution >= 4 is 42.6 Å². The van der Waals surface area contributed by atoms with Gasteiger partial charge in [-0.2, -0.15) is 0 Å². The number of rotatable bonds is 16. The summed E-state index contributed by atoms with van der Waals surface area (Å²) in [5.74, 6) is 0.559. The van der Waals surface area contributed by atoms with Crippen molar-refractivity contribution in [3.05, 3.63) is 118 Å². The molecule has 14 nitrogen and oxygen atoms in total. The molecule has 0 aliphatic heterocycles. The van der Waals surface area contributed by atoms with Gasteiger partial charge in [-0.25, -0.2) is 26.8 Å². The third-order valence-corrected chi connectivity index (χ3v) is 9.40. The molecule has 2 heterocycles. The van der Waals surface area contributed by atoms with Crippen LogP contribution in [0.15, 0.2) is 107 Å². The Hall–Kier alpha value is -5.42. The molecule has 0 radical (unpaired) electrons. The minimum atomic E-state index is -4.93. The zero-order chi connectivity index (χ0) is 37.6. The second-order valence-electron chi connectivity index (χ2n) is 12.3. The minimum absolute atomic E-state index is 0.140. The van der Waals surface area contributed by atoms with Crippen molar-refractivity contribution in [3.63, 3.8) is 0 Å². The second kappa shape index (κ2) is 16.1. The molecule has 0 fully saturated rings. The number of hydrogen-bond donors (Lipinski definition) is 0. The van der Waals surface area contributed by atoms with Gasteiger partial charge < -0.3 is 17.5 Å². The van der Waals surface area contributed by atoms with Gasteiger partial charge in [0.05, 0.1) is 21.8 Å². The predicted molar refractivity (Wildman–Crippen MR) is 196 cm³/mol. The molecule has 276 valence electrons. The lowest BCUT2D eigenvalue weighted by Crippen LogP contribution is -2.23. The zero-order valence-corrected chi connectivity index (χ0v) is 29.9. The van der Waals surface area contributed by atoms with Gasteiger partial charge in [0, 0.05) is 24.2 Å². The van der Waals surface area contributed by atoms with Gasteiger partial charge in [0.25, 0.3) is 31.9 Å². The fourth-order valence-corrected chi connectivity index (χ4v) is 6.86. The van der Waals surface area contributed by atoms with E-state index in [-0.39, 0.29) is 22.6 Å². The number of unbranched alkanes of at least 4 members (excludes halogenated alkanes) is 6. The first-order valence-electron chi connectivity index (χ1n) is 16.9. The molecule has 16 heteroatoms. The van der Waals surface area contributed by atoms with Gasteiger partial charge in [-0.05, 0) is 85.6 Å². The van der Waals surface area contributed by atoms with E-state index in [1.165, 1.54) is 24.3 Å². The third-order valence-electron chi connectivity index (χ3n) is 8.61. The topological polar surface area (TPSA) is 203 Å². The maximum atomic E-state index is 13.5.